The van der Waals surface area contributed by atoms with E-state index in [-0.39, 0.29) is 36.3 Å². The van der Waals surface area contributed by atoms with Crippen molar-refractivity contribution in [3.8, 4) is 0 Å². The molecule has 2 atom stereocenters. The van der Waals surface area contributed by atoms with Crippen LogP contribution in [0.1, 0.15) is 84.0 Å². The summed E-state index contributed by atoms with van der Waals surface area (Å²) in [5.41, 5.74) is 6.06. The molecule has 2 aliphatic carbocycles. The number of rotatable bonds is 5. The lowest BCUT2D eigenvalue weighted by atomic mass is 9.83. The number of amides is 2. The molecule has 0 aromatic carbocycles. The van der Waals surface area contributed by atoms with E-state index >= 15 is 0 Å². The molecular formula is C22H40ClN3O2. The molecule has 1 heterocycles. The monoisotopic (exact) mass is 413 g/mol. The summed E-state index contributed by atoms with van der Waals surface area (Å²) >= 11 is 0. The molecule has 6 heteroatoms. The molecule has 0 aromatic heterocycles. The second-order valence-electron chi connectivity index (χ2n) is 9.37. The van der Waals surface area contributed by atoms with Crippen LogP contribution in [-0.2, 0) is 9.59 Å². The molecule has 0 spiro atoms. The van der Waals surface area contributed by atoms with Gasteiger partial charge < -0.3 is 16.0 Å². The highest BCUT2D eigenvalue weighted by atomic mass is 35.5. The fourth-order valence-electron chi connectivity index (χ4n) is 5.32. The third-order valence-electron chi connectivity index (χ3n) is 7.15. The number of halogens is 1. The fourth-order valence-corrected chi connectivity index (χ4v) is 5.32. The first-order valence-corrected chi connectivity index (χ1v) is 11.4. The summed E-state index contributed by atoms with van der Waals surface area (Å²) < 4.78 is 0. The van der Waals surface area contributed by atoms with Gasteiger partial charge in [0.05, 0.1) is 0 Å². The Labute approximate surface area is 177 Å². The topological polar surface area (TPSA) is 75.4 Å². The zero-order valence-electron chi connectivity index (χ0n) is 17.5. The van der Waals surface area contributed by atoms with Crippen LogP contribution in [0.2, 0.25) is 0 Å². The first-order valence-electron chi connectivity index (χ1n) is 11.4. The molecule has 28 heavy (non-hydrogen) atoms. The van der Waals surface area contributed by atoms with E-state index < -0.39 is 0 Å². The smallest absolute Gasteiger partial charge is 0.225 e. The number of nitrogens with one attached hydrogen (secondary N) is 1. The average molecular weight is 414 g/mol. The zero-order chi connectivity index (χ0) is 19.2. The van der Waals surface area contributed by atoms with E-state index in [1.54, 1.807) is 0 Å². The lowest BCUT2D eigenvalue weighted by molar-refractivity contribution is -0.138. The number of likely N-dealkylation sites (tertiary alicyclic amines) is 1. The predicted molar refractivity (Wildman–Crippen MR) is 115 cm³/mol. The number of hydrogen-bond donors (Lipinski definition) is 2. The maximum atomic E-state index is 12.9. The molecule has 1 aliphatic heterocycles. The van der Waals surface area contributed by atoms with Gasteiger partial charge in [0.25, 0.3) is 0 Å². The molecular weight excluding hydrogens is 374 g/mol. The van der Waals surface area contributed by atoms with Gasteiger partial charge in [0.15, 0.2) is 0 Å². The fraction of sp³-hybridized carbons (Fsp3) is 0.909. The minimum Gasteiger partial charge on any atom is -0.353 e. The van der Waals surface area contributed by atoms with E-state index in [1.807, 2.05) is 0 Å². The van der Waals surface area contributed by atoms with E-state index in [1.165, 1.54) is 32.1 Å². The third kappa shape index (κ3) is 6.62. The molecule has 0 bridgehead atoms. The van der Waals surface area contributed by atoms with Crippen LogP contribution in [0.25, 0.3) is 0 Å². The van der Waals surface area contributed by atoms with Crippen molar-refractivity contribution < 1.29 is 9.59 Å². The van der Waals surface area contributed by atoms with Gasteiger partial charge >= 0.3 is 0 Å². The van der Waals surface area contributed by atoms with Crippen molar-refractivity contribution in [3.63, 3.8) is 0 Å². The van der Waals surface area contributed by atoms with Gasteiger partial charge in [-0.25, -0.2) is 0 Å². The van der Waals surface area contributed by atoms with Crippen molar-refractivity contribution in [2.45, 2.75) is 96.1 Å². The summed E-state index contributed by atoms with van der Waals surface area (Å²) in [5.74, 6) is 1.73. The van der Waals surface area contributed by atoms with Crippen LogP contribution in [-0.4, -0.2) is 41.9 Å². The molecule has 3 aliphatic rings. The average Bonchev–Trinajstić information content (AvgIpc) is 2.69. The number of piperidine rings is 1. The van der Waals surface area contributed by atoms with Crippen LogP contribution in [0.4, 0.5) is 0 Å². The Morgan fingerprint density at radius 2 is 1.68 bits per heavy atom. The minimum atomic E-state index is 0. The van der Waals surface area contributed by atoms with Crippen LogP contribution in [0.15, 0.2) is 0 Å². The number of nitrogens with two attached hydrogens (primary N) is 1. The second-order valence-corrected chi connectivity index (χ2v) is 9.37. The van der Waals surface area contributed by atoms with Crippen molar-refractivity contribution in [3.05, 3.63) is 0 Å². The molecule has 2 saturated carbocycles. The van der Waals surface area contributed by atoms with E-state index in [2.05, 4.69) is 17.1 Å². The van der Waals surface area contributed by atoms with Crippen LogP contribution in [0, 0.1) is 17.8 Å². The molecule has 3 rings (SSSR count). The summed E-state index contributed by atoms with van der Waals surface area (Å²) in [6.07, 6.45) is 12.9. The van der Waals surface area contributed by atoms with Crippen LogP contribution >= 0.6 is 12.4 Å². The number of carbonyl (C=O) groups is 2. The standard InChI is InChI=1S/C22H39N3O2.ClH/c1-16(23)19-8-5-13-25(15-19)22(27)18-9-11-20(12-10-18)24-21(26)14-17-6-3-2-4-7-17;/h16-20H,2-15,23H2,1H3,(H,24,26);1H. The molecule has 3 N–H and O–H groups in total. The van der Waals surface area contributed by atoms with E-state index in [9.17, 15) is 9.59 Å². The molecule has 2 amide bonds. The van der Waals surface area contributed by atoms with Gasteiger partial charge in [-0.15, -0.1) is 12.4 Å². The molecule has 0 radical (unpaired) electrons. The minimum absolute atomic E-state index is 0. The maximum Gasteiger partial charge on any atom is 0.225 e. The van der Waals surface area contributed by atoms with Crippen LogP contribution in [0.5, 0.6) is 0 Å². The largest absolute Gasteiger partial charge is 0.353 e. The second kappa shape index (κ2) is 11.4. The number of hydrogen-bond acceptors (Lipinski definition) is 3. The Bertz CT molecular complexity index is 500. The van der Waals surface area contributed by atoms with Crippen molar-refractivity contribution in [2.75, 3.05) is 13.1 Å². The Hall–Kier alpha value is -0.810. The molecule has 1 saturated heterocycles. The van der Waals surface area contributed by atoms with E-state index in [4.69, 9.17) is 5.73 Å². The Morgan fingerprint density at radius 1 is 1.00 bits per heavy atom. The van der Waals surface area contributed by atoms with Gasteiger partial charge in [-0.1, -0.05) is 19.3 Å². The summed E-state index contributed by atoms with van der Waals surface area (Å²) in [4.78, 5) is 27.3. The Kier molecular flexibility index (Phi) is 9.55. The lowest BCUT2D eigenvalue weighted by Crippen LogP contribution is -2.48. The normalized spacial score (nSPS) is 30.2. The van der Waals surface area contributed by atoms with Crippen LogP contribution < -0.4 is 11.1 Å². The number of carbonyl (C=O) groups excluding carboxylic acids is 2. The summed E-state index contributed by atoms with van der Waals surface area (Å²) in [7, 11) is 0. The van der Waals surface area contributed by atoms with E-state index in [0.717, 1.165) is 51.6 Å². The molecule has 0 aromatic rings. The van der Waals surface area contributed by atoms with Gasteiger partial charge in [0.1, 0.15) is 0 Å². The van der Waals surface area contributed by atoms with Crippen molar-refractivity contribution in [2.24, 2.45) is 23.5 Å². The highest BCUT2D eigenvalue weighted by molar-refractivity contribution is 5.85. The van der Waals surface area contributed by atoms with Gasteiger partial charge in [-0.2, -0.15) is 0 Å². The summed E-state index contributed by atoms with van der Waals surface area (Å²) in [6, 6.07) is 0.430. The van der Waals surface area contributed by atoms with Gasteiger partial charge in [-0.3, -0.25) is 9.59 Å². The van der Waals surface area contributed by atoms with Gasteiger partial charge in [0.2, 0.25) is 11.8 Å². The maximum absolute atomic E-state index is 12.9. The SMILES string of the molecule is CC(N)C1CCCN(C(=O)C2CCC(NC(=O)CC3CCCCC3)CC2)C1.Cl. The van der Waals surface area contributed by atoms with Crippen LogP contribution in [0.3, 0.4) is 0 Å². The lowest BCUT2D eigenvalue weighted by Gasteiger charge is -2.38. The zero-order valence-corrected chi connectivity index (χ0v) is 18.4. The predicted octanol–water partition coefficient (Wildman–Crippen LogP) is 3.64. The molecule has 5 nitrogen and oxygen atoms in total. The van der Waals surface area contributed by atoms with Crippen molar-refractivity contribution in [1.82, 2.24) is 10.2 Å². The third-order valence-corrected chi connectivity index (χ3v) is 7.15. The van der Waals surface area contributed by atoms with Gasteiger partial charge in [0, 0.05) is 37.5 Å². The highest BCUT2D eigenvalue weighted by Crippen LogP contribution is 2.29. The highest BCUT2D eigenvalue weighted by Gasteiger charge is 2.33. The number of nitrogens with zero attached hydrogens (tertiary/aromatic N) is 1. The molecule has 162 valence electrons. The first-order chi connectivity index (χ1) is 13.0. The Morgan fingerprint density at radius 3 is 2.32 bits per heavy atom. The summed E-state index contributed by atoms with van der Waals surface area (Å²) in [5, 5.41) is 3.25. The molecule has 2 unspecified atom stereocenters. The van der Waals surface area contributed by atoms with Crippen molar-refractivity contribution in [1.29, 1.82) is 0 Å². The Balaban J connectivity index is 0.00000280. The van der Waals surface area contributed by atoms with E-state index in [0.29, 0.717) is 24.2 Å². The molecule has 3 fully saturated rings. The first kappa shape index (κ1) is 23.5. The van der Waals surface area contributed by atoms with Crippen molar-refractivity contribution >= 4 is 24.2 Å². The van der Waals surface area contributed by atoms with Gasteiger partial charge in [-0.05, 0) is 70.1 Å². The quantitative estimate of drug-likeness (QED) is 0.722. The summed E-state index contributed by atoms with van der Waals surface area (Å²) in [6.45, 7) is 3.77.